The van der Waals surface area contributed by atoms with Gasteiger partial charge in [0.15, 0.2) is 0 Å². The van der Waals surface area contributed by atoms with Crippen molar-refractivity contribution in [1.29, 1.82) is 0 Å². The zero-order valence-corrected chi connectivity index (χ0v) is 10.9. The van der Waals surface area contributed by atoms with Gasteiger partial charge in [0.2, 0.25) is 5.88 Å². The van der Waals surface area contributed by atoms with E-state index in [0.29, 0.717) is 5.88 Å². The number of hydrogen-bond acceptors (Lipinski definition) is 4. The van der Waals surface area contributed by atoms with Crippen LogP contribution in [-0.2, 0) is 0 Å². The van der Waals surface area contributed by atoms with E-state index in [4.69, 9.17) is 4.74 Å². The SMILES string of the molecule is CCN(CCBr)c1cc(OC)nc(C)n1. The second kappa shape index (κ2) is 5.90. The van der Waals surface area contributed by atoms with E-state index >= 15 is 0 Å². The molecule has 0 saturated carbocycles. The summed E-state index contributed by atoms with van der Waals surface area (Å²) >= 11 is 3.43. The Kier molecular flexibility index (Phi) is 4.81. The molecule has 0 atom stereocenters. The summed E-state index contributed by atoms with van der Waals surface area (Å²) in [5.74, 6) is 2.27. The largest absolute Gasteiger partial charge is 0.481 e. The van der Waals surface area contributed by atoms with Gasteiger partial charge in [0.05, 0.1) is 7.11 Å². The van der Waals surface area contributed by atoms with E-state index in [9.17, 15) is 0 Å². The fourth-order valence-corrected chi connectivity index (χ4v) is 1.76. The van der Waals surface area contributed by atoms with Gasteiger partial charge in [-0.05, 0) is 13.8 Å². The number of aryl methyl sites for hydroxylation is 1. The molecule has 4 nitrogen and oxygen atoms in total. The molecule has 0 fully saturated rings. The minimum absolute atomic E-state index is 0.616. The third kappa shape index (κ3) is 3.34. The summed E-state index contributed by atoms with van der Waals surface area (Å²) in [5, 5.41) is 0.923. The van der Waals surface area contributed by atoms with Gasteiger partial charge in [-0.3, -0.25) is 0 Å². The molecule has 0 amide bonds. The maximum absolute atomic E-state index is 5.12. The third-order valence-corrected chi connectivity index (χ3v) is 2.42. The summed E-state index contributed by atoms with van der Waals surface area (Å²) < 4.78 is 5.12. The van der Waals surface area contributed by atoms with Gasteiger partial charge in [-0.25, -0.2) is 4.98 Å². The first-order chi connectivity index (χ1) is 7.21. The first-order valence-corrected chi connectivity index (χ1v) is 6.04. The molecule has 0 N–H and O–H groups in total. The number of ether oxygens (including phenoxy) is 1. The van der Waals surface area contributed by atoms with E-state index in [2.05, 4.69) is 37.7 Å². The Morgan fingerprint density at radius 3 is 2.73 bits per heavy atom. The van der Waals surface area contributed by atoms with Crippen LogP contribution in [0.2, 0.25) is 0 Å². The lowest BCUT2D eigenvalue weighted by atomic mass is 10.4. The lowest BCUT2D eigenvalue weighted by Crippen LogP contribution is -2.26. The fourth-order valence-electron chi connectivity index (χ4n) is 1.33. The predicted molar refractivity (Wildman–Crippen MR) is 65.0 cm³/mol. The highest BCUT2D eigenvalue weighted by Gasteiger charge is 2.08. The first kappa shape index (κ1) is 12.2. The molecule has 0 aromatic carbocycles. The van der Waals surface area contributed by atoms with Gasteiger partial charge >= 0.3 is 0 Å². The van der Waals surface area contributed by atoms with Crippen LogP contribution in [0, 0.1) is 6.92 Å². The van der Waals surface area contributed by atoms with E-state index in [1.165, 1.54) is 0 Å². The van der Waals surface area contributed by atoms with Crippen molar-refractivity contribution in [2.24, 2.45) is 0 Å². The van der Waals surface area contributed by atoms with Crippen LogP contribution < -0.4 is 9.64 Å². The van der Waals surface area contributed by atoms with E-state index in [1.807, 2.05) is 13.0 Å². The molecular weight excluding hydrogens is 258 g/mol. The zero-order chi connectivity index (χ0) is 11.3. The van der Waals surface area contributed by atoms with Crippen molar-refractivity contribution in [1.82, 2.24) is 9.97 Å². The van der Waals surface area contributed by atoms with Crippen molar-refractivity contribution in [3.05, 3.63) is 11.9 Å². The number of hydrogen-bond donors (Lipinski definition) is 0. The van der Waals surface area contributed by atoms with Crippen LogP contribution >= 0.6 is 15.9 Å². The average molecular weight is 274 g/mol. The Hall–Kier alpha value is -0.840. The van der Waals surface area contributed by atoms with Crippen molar-refractivity contribution in [2.75, 3.05) is 30.4 Å². The summed E-state index contributed by atoms with van der Waals surface area (Å²) in [6.45, 7) is 5.82. The van der Waals surface area contributed by atoms with E-state index in [-0.39, 0.29) is 0 Å². The van der Waals surface area contributed by atoms with Gasteiger partial charge < -0.3 is 9.64 Å². The minimum atomic E-state index is 0.616. The van der Waals surface area contributed by atoms with Crippen LogP contribution in [0.1, 0.15) is 12.7 Å². The molecule has 1 rings (SSSR count). The zero-order valence-electron chi connectivity index (χ0n) is 9.33. The monoisotopic (exact) mass is 273 g/mol. The van der Waals surface area contributed by atoms with Gasteiger partial charge in [0.1, 0.15) is 11.6 Å². The second-order valence-electron chi connectivity index (χ2n) is 3.08. The minimum Gasteiger partial charge on any atom is -0.481 e. The molecule has 5 heteroatoms. The molecule has 1 aromatic rings. The Morgan fingerprint density at radius 1 is 1.47 bits per heavy atom. The predicted octanol–water partition coefficient (Wildman–Crippen LogP) is 2.01. The molecule has 0 saturated heterocycles. The van der Waals surface area contributed by atoms with Gasteiger partial charge in [0, 0.05) is 24.5 Å². The summed E-state index contributed by atoms with van der Waals surface area (Å²) in [7, 11) is 1.62. The quantitative estimate of drug-likeness (QED) is 0.770. The van der Waals surface area contributed by atoms with Crippen LogP contribution in [0.25, 0.3) is 0 Å². The average Bonchev–Trinajstić information content (AvgIpc) is 2.24. The van der Waals surface area contributed by atoms with Crippen LogP contribution in [0.3, 0.4) is 0 Å². The number of methoxy groups -OCH3 is 1. The number of halogens is 1. The lowest BCUT2D eigenvalue weighted by Gasteiger charge is -2.21. The third-order valence-electron chi connectivity index (χ3n) is 2.07. The second-order valence-corrected chi connectivity index (χ2v) is 3.88. The van der Waals surface area contributed by atoms with Gasteiger partial charge in [0.25, 0.3) is 0 Å². The summed E-state index contributed by atoms with van der Waals surface area (Å²) in [6.07, 6.45) is 0. The Labute approximate surface area is 98.8 Å². The van der Waals surface area contributed by atoms with E-state index in [0.717, 1.165) is 30.1 Å². The van der Waals surface area contributed by atoms with Crippen LogP contribution in [-0.4, -0.2) is 35.5 Å². The molecule has 0 radical (unpaired) electrons. The smallest absolute Gasteiger partial charge is 0.218 e. The van der Waals surface area contributed by atoms with Gasteiger partial charge in [-0.2, -0.15) is 4.98 Å². The van der Waals surface area contributed by atoms with E-state index in [1.54, 1.807) is 7.11 Å². The molecule has 1 aromatic heterocycles. The molecule has 84 valence electrons. The fraction of sp³-hybridized carbons (Fsp3) is 0.600. The molecule has 0 bridgehead atoms. The van der Waals surface area contributed by atoms with Gasteiger partial charge in [-0.15, -0.1) is 0 Å². The molecule has 0 aliphatic rings. The van der Waals surface area contributed by atoms with Crippen molar-refractivity contribution in [2.45, 2.75) is 13.8 Å². The highest BCUT2D eigenvalue weighted by atomic mass is 79.9. The van der Waals surface area contributed by atoms with E-state index < -0.39 is 0 Å². The van der Waals surface area contributed by atoms with Crippen molar-refractivity contribution in [3.8, 4) is 5.88 Å². The van der Waals surface area contributed by atoms with Crippen molar-refractivity contribution >= 4 is 21.7 Å². The Bertz CT molecular complexity index is 320. The Balaban J connectivity index is 2.95. The molecular formula is C10H16BrN3O. The number of alkyl halides is 1. The molecule has 0 aliphatic heterocycles. The van der Waals surface area contributed by atoms with Crippen LogP contribution in [0.4, 0.5) is 5.82 Å². The first-order valence-electron chi connectivity index (χ1n) is 4.91. The summed E-state index contributed by atoms with van der Waals surface area (Å²) in [5.41, 5.74) is 0. The number of anilines is 1. The molecule has 0 spiro atoms. The molecule has 0 unspecified atom stereocenters. The van der Waals surface area contributed by atoms with Crippen LogP contribution in [0.5, 0.6) is 5.88 Å². The van der Waals surface area contributed by atoms with Crippen molar-refractivity contribution in [3.63, 3.8) is 0 Å². The Morgan fingerprint density at radius 2 is 2.20 bits per heavy atom. The highest BCUT2D eigenvalue weighted by Crippen LogP contribution is 2.16. The summed E-state index contributed by atoms with van der Waals surface area (Å²) in [4.78, 5) is 10.7. The maximum Gasteiger partial charge on any atom is 0.218 e. The molecule has 1 heterocycles. The number of rotatable bonds is 5. The van der Waals surface area contributed by atoms with Gasteiger partial charge in [-0.1, -0.05) is 15.9 Å². The number of nitrogens with zero attached hydrogens (tertiary/aromatic N) is 3. The van der Waals surface area contributed by atoms with Crippen LogP contribution in [0.15, 0.2) is 6.07 Å². The lowest BCUT2D eigenvalue weighted by molar-refractivity contribution is 0.395. The number of aromatic nitrogens is 2. The highest BCUT2D eigenvalue weighted by molar-refractivity contribution is 9.09. The maximum atomic E-state index is 5.12. The standard InChI is InChI=1S/C10H16BrN3O/c1-4-14(6-5-11)9-7-10(15-3)13-8(2)12-9/h7H,4-6H2,1-3H3. The topological polar surface area (TPSA) is 38.2 Å². The normalized spacial score (nSPS) is 10.1. The molecule has 15 heavy (non-hydrogen) atoms. The molecule has 0 aliphatic carbocycles. The summed E-state index contributed by atoms with van der Waals surface area (Å²) in [6, 6.07) is 1.86. The van der Waals surface area contributed by atoms with Crippen molar-refractivity contribution < 1.29 is 4.74 Å².